The van der Waals surface area contributed by atoms with E-state index in [0.717, 1.165) is 0 Å². The molecule has 2 rings (SSSR count). The SMILES string of the molecule is Cc1ccc(NC(=O)[C@H](C)OC(=O)c2ccccc2[S@](C)=O)cc1F. The maximum absolute atomic E-state index is 13.5. The maximum atomic E-state index is 13.5. The number of nitrogens with one attached hydrogen (secondary N) is 1. The molecule has 0 aromatic heterocycles. The van der Waals surface area contributed by atoms with Crippen LogP contribution < -0.4 is 5.32 Å². The summed E-state index contributed by atoms with van der Waals surface area (Å²) in [6, 6.07) is 10.6. The largest absolute Gasteiger partial charge is 0.449 e. The highest BCUT2D eigenvalue weighted by molar-refractivity contribution is 7.84. The van der Waals surface area contributed by atoms with Gasteiger partial charge < -0.3 is 10.1 Å². The number of amides is 1. The lowest BCUT2D eigenvalue weighted by Crippen LogP contribution is -2.30. The summed E-state index contributed by atoms with van der Waals surface area (Å²) in [6.45, 7) is 3.02. The first-order chi connectivity index (χ1) is 11.8. The van der Waals surface area contributed by atoms with Gasteiger partial charge in [-0.2, -0.15) is 0 Å². The molecule has 0 aliphatic carbocycles. The average Bonchev–Trinajstić information content (AvgIpc) is 2.58. The van der Waals surface area contributed by atoms with Gasteiger partial charge in [-0.3, -0.25) is 9.00 Å². The number of halogens is 1. The molecule has 0 unspecified atom stereocenters. The standard InChI is InChI=1S/C18H18FNO4S/c1-11-8-9-13(10-15(11)19)20-17(21)12(2)24-18(22)14-6-4-5-7-16(14)25(3)23/h4-10,12H,1-3H3,(H,20,21)/t12-,25-/m0/s1. The number of hydrogen-bond donors (Lipinski definition) is 1. The monoisotopic (exact) mass is 363 g/mol. The molecule has 1 amide bonds. The fraction of sp³-hybridized carbons (Fsp3) is 0.222. The van der Waals surface area contributed by atoms with Crippen LogP contribution in [-0.4, -0.2) is 28.4 Å². The van der Waals surface area contributed by atoms with E-state index >= 15 is 0 Å². The van der Waals surface area contributed by atoms with Crippen LogP contribution in [0.5, 0.6) is 0 Å². The van der Waals surface area contributed by atoms with Gasteiger partial charge in [0.15, 0.2) is 6.10 Å². The van der Waals surface area contributed by atoms with Gasteiger partial charge in [-0.15, -0.1) is 0 Å². The van der Waals surface area contributed by atoms with Crippen LogP contribution in [0.15, 0.2) is 47.4 Å². The van der Waals surface area contributed by atoms with E-state index in [1.54, 1.807) is 31.2 Å². The Hall–Kier alpha value is -2.54. The van der Waals surface area contributed by atoms with Crippen molar-refractivity contribution in [1.82, 2.24) is 0 Å². The molecular weight excluding hydrogens is 345 g/mol. The molecule has 0 spiro atoms. The predicted molar refractivity (Wildman–Crippen MR) is 93.4 cm³/mol. The summed E-state index contributed by atoms with van der Waals surface area (Å²) >= 11 is 0. The Morgan fingerprint density at radius 1 is 1.20 bits per heavy atom. The third-order valence-corrected chi connectivity index (χ3v) is 4.48. The van der Waals surface area contributed by atoms with Gasteiger partial charge >= 0.3 is 5.97 Å². The van der Waals surface area contributed by atoms with Crippen molar-refractivity contribution in [3.05, 3.63) is 59.4 Å². The van der Waals surface area contributed by atoms with Crippen LogP contribution in [0.1, 0.15) is 22.8 Å². The highest BCUT2D eigenvalue weighted by atomic mass is 32.2. The molecule has 132 valence electrons. The molecule has 2 aromatic carbocycles. The van der Waals surface area contributed by atoms with Gasteiger partial charge in [0.05, 0.1) is 21.3 Å². The van der Waals surface area contributed by atoms with Crippen LogP contribution in [0.25, 0.3) is 0 Å². The molecule has 2 atom stereocenters. The highest BCUT2D eigenvalue weighted by Gasteiger charge is 2.21. The summed E-state index contributed by atoms with van der Waals surface area (Å²) in [6.07, 6.45) is 0.351. The Morgan fingerprint density at radius 2 is 1.88 bits per heavy atom. The molecule has 25 heavy (non-hydrogen) atoms. The van der Waals surface area contributed by atoms with Crippen molar-refractivity contribution in [2.75, 3.05) is 11.6 Å². The van der Waals surface area contributed by atoms with Gasteiger partial charge in [0.1, 0.15) is 5.82 Å². The minimum absolute atomic E-state index is 0.143. The molecule has 7 heteroatoms. The van der Waals surface area contributed by atoms with E-state index in [1.807, 2.05) is 0 Å². The van der Waals surface area contributed by atoms with Crippen LogP contribution in [0.2, 0.25) is 0 Å². The highest BCUT2D eigenvalue weighted by Crippen LogP contribution is 2.16. The van der Waals surface area contributed by atoms with Gasteiger partial charge in [-0.05, 0) is 43.7 Å². The number of ether oxygens (including phenoxy) is 1. The van der Waals surface area contributed by atoms with Crippen LogP contribution >= 0.6 is 0 Å². The second-order valence-electron chi connectivity index (χ2n) is 5.45. The number of carbonyl (C=O) groups excluding carboxylic acids is 2. The molecule has 0 aliphatic heterocycles. The molecule has 5 nitrogen and oxygen atoms in total. The van der Waals surface area contributed by atoms with E-state index < -0.39 is 34.6 Å². The van der Waals surface area contributed by atoms with Crippen molar-refractivity contribution in [3.63, 3.8) is 0 Å². The molecular formula is C18H18FNO4S. The Balaban J connectivity index is 2.07. The molecule has 0 fully saturated rings. The fourth-order valence-electron chi connectivity index (χ4n) is 2.08. The minimum atomic E-state index is -1.37. The number of aryl methyl sites for hydroxylation is 1. The lowest BCUT2D eigenvalue weighted by molar-refractivity contribution is -0.123. The topological polar surface area (TPSA) is 72.5 Å². The van der Waals surface area contributed by atoms with Crippen LogP contribution in [-0.2, 0) is 20.3 Å². The van der Waals surface area contributed by atoms with Crippen molar-refractivity contribution in [3.8, 4) is 0 Å². The summed E-state index contributed by atoms with van der Waals surface area (Å²) < 4.78 is 30.3. The maximum Gasteiger partial charge on any atom is 0.340 e. The molecule has 0 aliphatic rings. The van der Waals surface area contributed by atoms with Gasteiger partial charge in [-0.1, -0.05) is 18.2 Å². The Kier molecular flexibility index (Phi) is 6.03. The number of benzene rings is 2. The van der Waals surface area contributed by atoms with Crippen LogP contribution in [0, 0.1) is 12.7 Å². The van der Waals surface area contributed by atoms with Gasteiger partial charge in [0.25, 0.3) is 5.91 Å². The van der Waals surface area contributed by atoms with E-state index in [0.29, 0.717) is 10.5 Å². The second kappa shape index (κ2) is 8.02. The smallest absolute Gasteiger partial charge is 0.340 e. The normalized spacial score (nSPS) is 13.0. The molecule has 0 radical (unpaired) electrons. The molecule has 2 aromatic rings. The Morgan fingerprint density at radius 3 is 2.52 bits per heavy atom. The van der Waals surface area contributed by atoms with E-state index in [2.05, 4.69) is 5.32 Å². The van der Waals surface area contributed by atoms with E-state index in [-0.39, 0.29) is 11.3 Å². The molecule has 0 heterocycles. The number of hydrogen-bond acceptors (Lipinski definition) is 4. The number of carbonyl (C=O) groups is 2. The zero-order valence-corrected chi connectivity index (χ0v) is 14.9. The zero-order valence-electron chi connectivity index (χ0n) is 14.0. The Bertz CT molecular complexity index is 838. The third-order valence-electron chi connectivity index (χ3n) is 3.51. The van der Waals surface area contributed by atoms with Gasteiger partial charge in [-0.25, -0.2) is 9.18 Å². The lowest BCUT2D eigenvalue weighted by Gasteiger charge is -2.15. The molecule has 0 bridgehead atoms. The van der Waals surface area contributed by atoms with Crippen LogP contribution in [0.3, 0.4) is 0 Å². The van der Waals surface area contributed by atoms with E-state index in [1.165, 1.54) is 31.4 Å². The van der Waals surface area contributed by atoms with Crippen molar-refractivity contribution >= 4 is 28.4 Å². The molecule has 0 saturated carbocycles. The number of anilines is 1. The first-order valence-electron chi connectivity index (χ1n) is 7.50. The van der Waals surface area contributed by atoms with E-state index in [4.69, 9.17) is 4.74 Å². The Labute approximate surface area is 147 Å². The molecule has 0 saturated heterocycles. The second-order valence-corrected chi connectivity index (χ2v) is 6.80. The summed E-state index contributed by atoms with van der Waals surface area (Å²) in [5.41, 5.74) is 0.872. The summed E-state index contributed by atoms with van der Waals surface area (Å²) in [4.78, 5) is 24.7. The van der Waals surface area contributed by atoms with E-state index in [9.17, 15) is 18.2 Å². The van der Waals surface area contributed by atoms with Gasteiger partial charge in [0.2, 0.25) is 0 Å². The van der Waals surface area contributed by atoms with Crippen molar-refractivity contribution < 1.29 is 22.9 Å². The number of rotatable bonds is 5. The summed E-state index contributed by atoms with van der Waals surface area (Å²) in [5, 5.41) is 2.49. The summed E-state index contributed by atoms with van der Waals surface area (Å²) in [5.74, 6) is -1.78. The lowest BCUT2D eigenvalue weighted by atomic mass is 10.2. The minimum Gasteiger partial charge on any atom is -0.449 e. The van der Waals surface area contributed by atoms with Crippen molar-refractivity contribution in [2.45, 2.75) is 24.8 Å². The van der Waals surface area contributed by atoms with Crippen molar-refractivity contribution in [2.24, 2.45) is 0 Å². The predicted octanol–water partition coefficient (Wildman–Crippen LogP) is 3.06. The average molecular weight is 363 g/mol. The quantitative estimate of drug-likeness (QED) is 0.829. The fourth-order valence-corrected chi connectivity index (χ4v) is 2.81. The van der Waals surface area contributed by atoms with Crippen molar-refractivity contribution in [1.29, 1.82) is 0 Å². The van der Waals surface area contributed by atoms with Crippen LogP contribution in [0.4, 0.5) is 10.1 Å². The number of esters is 1. The van der Waals surface area contributed by atoms with Gasteiger partial charge in [0, 0.05) is 11.9 Å². The molecule has 1 N–H and O–H groups in total. The first kappa shape index (κ1) is 18.8. The third kappa shape index (κ3) is 4.73. The first-order valence-corrected chi connectivity index (χ1v) is 9.06. The summed E-state index contributed by atoms with van der Waals surface area (Å²) in [7, 11) is -1.37. The zero-order chi connectivity index (χ0) is 18.6.